The molecule has 0 aliphatic carbocycles. The summed E-state index contributed by atoms with van der Waals surface area (Å²) in [7, 11) is 0. The topological polar surface area (TPSA) is 64.2 Å². The minimum absolute atomic E-state index is 0.110. The largest absolute Gasteiger partial charge is 0.419 e. The lowest BCUT2D eigenvalue weighted by Gasteiger charge is -2.09. The molecule has 3 rings (SSSR count). The third kappa shape index (κ3) is 3.51. The number of benzene rings is 2. The fourth-order valence-electron chi connectivity index (χ4n) is 2.57. The Bertz CT molecular complexity index is 943. The standard InChI is InChI=1S/C18H17ClN2O3/c1-12-8-9-13(19)11-14(12)20-17(22)7-4-10-21-15-5-2-3-6-16(15)24-18(21)23/h2-3,5-6,8-9,11H,4,7,10H2,1H3,(H,20,22). The molecule has 1 heterocycles. The number of rotatable bonds is 5. The lowest BCUT2D eigenvalue weighted by molar-refractivity contribution is -0.116. The Morgan fingerprint density at radius 2 is 2.04 bits per heavy atom. The summed E-state index contributed by atoms with van der Waals surface area (Å²) in [4.78, 5) is 24.0. The van der Waals surface area contributed by atoms with E-state index in [4.69, 9.17) is 16.0 Å². The van der Waals surface area contributed by atoms with E-state index >= 15 is 0 Å². The maximum atomic E-state index is 12.1. The first-order valence-corrected chi connectivity index (χ1v) is 8.07. The highest BCUT2D eigenvalue weighted by Gasteiger charge is 2.10. The molecular formula is C18H17ClN2O3. The number of aromatic nitrogens is 1. The number of amides is 1. The van der Waals surface area contributed by atoms with Crippen molar-refractivity contribution in [2.75, 3.05) is 5.32 Å². The lowest BCUT2D eigenvalue weighted by atomic mass is 10.2. The molecule has 0 saturated carbocycles. The highest BCUT2D eigenvalue weighted by molar-refractivity contribution is 6.31. The number of anilines is 1. The maximum absolute atomic E-state index is 12.1. The number of nitrogens with one attached hydrogen (secondary N) is 1. The Morgan fingerprint density at radius 1 is 1.25 bits per heavy atom. The molecule has 0 fully saturated rings. The predicted molar refractivity (Wildman–Crippen MR) is 94.5 cm³/mol. The van der Waals surface area contributed by atoms with Gasteiger partial charge in [-0.3, -0.25) is 9.36 Å². The third-order valence-corrected chi connectivity index (χ3v) is 4.07. The van der Waals surface area contributed by atoms with Crippen molar-refractivity contribution in [1.82, 2.24) is 4.57 Å². The smallest absolute Gasteiger partial charge is 0.408 e. The Hall–Kier alpha value is -2.53. The summed E-state index contributed by atoms with van der Waals surface area (Å²) in [6.07, 6.45) is 0.840. The van der Waals surface area contributed by atoms with Gasteiger partial charge in [-0.15, -0.1) is 0 Å². The van der Waals surface area contributed by atoms with Crippen LogP contribution in [0.25, 0.3) is 11.1 Å². The van der Waals surface area contributed by atoms with Gasteiger partial charge in [0.1, 0.15) is 0 Å². The van der Waals surface area contributed by atoms with Crippen LogP contribution in [-0.2, 0) is 11.3 Å². The van der Waals surface area contributed by atoms with Gasteiger partial charge in [-0.1, -0.05) is 29.8 Å². The summed E-state index contributed by atoms with van der Waals surface area (Å²) in [5.74, 6) is -0.511. The molecule has 6 heteroatoms. The van der Waals surface area contributed by atoms with E-state index in [1.54, 1.807) is 22.8 Å². The van der Waals surface area contributed by atoms with Crippen molar-refractivity contribution in [1.29, 1.82) is 0 Å². The lowest BCUT2D eigenvalue weighted by Crippen LogP contribution is -2.17. The van der Waals surface area contributed by atoms with E-state index in [0.717, 1.165) is 11.1 Å². The van der Waals surface area contributed by atoms with E-state index in [1.165, 1.54) is 0 Å². The third-order valence-electron chi connectivity index (χ3n) is 3.83. The van der Waals surface area contributed by atoms with Crippen molar-refractivity contribution in [2.45, 2.75) is 26.3 Å². The van der Waals surface area contributed by atoms with Crippen LogP contribution < -0.4 is 11.1 Å². The van der Waals surface area contributed by atoms with Crippen LogP contribution in [0.2, 0.25) is 5.02 Å². The van der Waals surface area contributed by atoms with Crippen molar-refractivity contribution in [3.63, 3.8) is 0 Å². The molecule has 3 aromatic rings. The molecule has 1 aromatic heterocycles. The van der Waals surface area contributed by atoms with Crippen molar-refractivity contribution in [2.24, 2.45) is 0 Å². The zero-order valence-electron chi connectivity index (χ0n) is 13.2. The van der Waals surface area contributed by atoms with Crippen LogP contribution in [-0.4, -0.2) is 10.5 Å². The molecule has 0 aliphatic heterocycles. The number of carbonyl (C=O) groups excluding carboxylic acids is 1. The predicted octanol–water partition coefficient (Wildman–Crippen LogP) is 3.98. The Labute approximate surface area is 143 Å². The van der Waals surface area contributed by atoms with Gasteiger partial charge >= 0.3 is 5.76 Å². The van der Waals surface area contributed by atoms with E-state index in [0.29, 0.717) is 35.7 Å². The zero-order chi connectivity index (χ0) is 17.1. The number of hydrogen-bond acceptors (Lipinski definition) is 3. The maximum Gasteiger partial charge on any atom is 0.419 e. The summed E-state index contributed by atoms with van der Waals surface area (Å²) < 4.78 is 6.72. The second-order valence-electron chi connectivity index (χ2n) is 5.60. The van der Waals surface area contributed by atoms with Crippen LogP contribution in [0.4, 0.5) is 5.69 Å². The molecule has 0 saturated heterocycles. The van der Waals surface area contributed by atoms with E-state index in [9.17, 15) is 9.59 Å². The highest BCUT2D eigenvalue weighted by atomic mass is 35.5. The number of para-hydroxylation sites is 2. The van der Waals surface area contributed by atoms with Gasteiger partial charge in [-0.2, -0.15) is 0 Å². The quantitative estimate of drug-likeness (QED) is 0.761. The van der Waals surface area contributed by atoms with E-state index in [2.05, 4.69) is 5.32 Å². The minimum Gasteiger partial charge on any atom is -0.408 e. The average molecular weight is 345 g/mol. The molecule has 2 aromatic carbocycles. The van der Waals surface area contributed by atoms with E-state index in [1.807, 2.05) is 31.2 Å². The fraction of sp³-hybridized carbons (Fsp3) is 0.222. The van der Waals surface area contributed by atoms with Crippen LogP contribution in [0.5, 0.6) is 0 Å². The molecule has 5 nitrogen and oxygen atoms in total. The molecular weight excluding hydrogens is 328 g/mol. The number of halogens is 1. The van der Waals surface area contributed by atoms with Crippen LogP contribution in [0.1, 0.15) is 18.4 Å². The van der Waals surface area contributed by atoms with Crippen LogP contribution >= 0.6 is 11.6 Å². The minimum atomic E-state index is -0.401. The van der Waals surface area contributed by atoms with E-state index in [-0.39, 0.29) is 5.91 Å². The van der Waals surface area contributed by atoms with Crippen molar-refractivity contribution in [3.05, 3.63) is 63.6 Å². The number of nitrogens with zero attached hydrogens (tertiary/aromatic N) is 1. The fourth-order valence-corrected chi connectivity index (χ4v) is 2.74. The average Bonchev–Trinajstić information content (AvgIpc) is 2.87. The first-order chi connectivity index (χ1) is 11.5. The van der Waals surface area contributed by atoms with Gasteiger partial charge in [0.25, 0.3) is 0 Å². The molecule has 1 N–H and O–H groups in total. The normalized spacial score (nSPS) is 10.9. The van der Waals surface area contributed by atoms with Crippen molar-refractivity contribution < 1.29 is 9.21 Å². The van der Waals surface area contributed by atoms with Crippen LogP contribution in [0.15, 0.2) is 51.7 Å². The van der Waals surface area contributed by atoms with Gasteiger partial charge < -0.3 is 9.73 Å². The molecule has 0 aliphatic rings. The molecule has 0 bridgehead atoms. The summed E-state index contributed by atoms with van der Waals surface area (Å²) in [5, 5.41) is 3.42. The van der Waals surface area contributed by atoms with Gasteiger partial charge in [-0.25, -0.2) is 4.79 Å². The van der Waals surface area contributed by atoms with Crippen LogP contribution in [0.3, 0.4) is 0 Å². The first-order valence-electron chi connectivity index (χ1n) is 7.69. The molecule has 0 spiro atoms. The molecule has 1 amide bonds. The number of carbonyl (C=O) groups is 1. The SMILES string of the molecule is Cc1ccc(Cl)cc1NC(=O)CCCn1c(=O)oc2ccccc21. The summed E-state index contributed by atoms with van der Waals surface area (Å²) in [6.45, 7) is 2.33. The van der Waals surface area contributed by atoms with Gasteiger partial charge in [0.05, 0.1) is 5.52 Å². The Kier molecular flexibility index (Phi) is 4.71. The van der Waals surface area contributed by atoms with Gasteiger partial charge in [0.15, 0.2) is 5.58 Å². The van der Waals surface area contributed by atoms with Crippen molar-refractivity contribution in [3.8, 4) is 0 Å². The van der Waals surface area contributed by atoms with E-state index < -0.39 is 5.76 Å². The summed E-state index contributed by atoms with van der Waals surface area (Å²) in [6, 6.07) is 12.6. The summed E-state index contributed by atoms with van der Waals surface area (Å²) >= 11 is 5.95. The molecule has 0 atom stereocenters. The van der Waals surface area contributed by atoms with Crippen molar-refractivity contribution >= 4 is 34.3 Å². The number of fused-ring (bicyclic) bond motifs is 1. The Balaban J connectivity index is 1.61. The number of aryl methyl sites for hydroxylation is 2. The Morgan fingerprint density at radius 3 is 2.88 bits per heavy atom. The number of oxazole rings is 1. The number of hydrogen-bond donors (Lipinski definition) is 1. The zero-order valence-corrected chi connectivity index (χ0v) is 14.0. The van der Waals surface area contributed by atoms with Crippen LogP contribution in [0, 0.1) is 6.92 Å². The second-order valence-corrected chi connectivity index (χ2v) is 6.03. The second kappa shape index (κ2) is 6.93. The molecule has 0 radical (unpaired) electrons. The molecule has 0 unspecified atom stereocenters. The highest BCUT2D eigenvalue weighted by Crippen LogP contribution is 2.20. The first kappa shape index (κ1) is 16.3. The van der Waals surface area contributed by atoms with Gasteiger partial charge in [0, 0.05) is 23.7 Å². The molecule has 124 valence electrons. The summed E-state index contributed by atoms with van der Waals surface area (Å²) in [5.41, 5.74) is 2.96. The monoisotopic (exact) mass is 344 g/mol. The van der Waals surface area contributed by atoms with Gasteiger partial charge in [0.2, 0.25) is 5.91 Å². The van der Waals surface area contributed by atoms with Gasteiger partial charge in [-0.05, 0) is 43.2 Å². The molecule has 24 heavy (non-hydrogen) atoms.